The molecule has 3 aromatic heterocycles. The van der Waals surface area contributed by atoms with Crippen LogP contribution in [0.4, 0.5) is 0 Å². The summed E-state index contributed by atoms with van der Waals surface area (Å²) in [4.78, 5) is 27.6. The van der Waals surface area contributed by atoms with Crippen molar-refractivity contribution in [3.05, 3.63) is 51.3 Å². The van der Waals surface area contributed by atoms with Gasteiger partial charge in [0.2, 0.25) is 5.91 Å². The summed E-state index contributed by atoms with van der Waals surface area (Å²) in [6, 6.07) is 3.84. The first-order valence-electron chi connectivity index (χ1n) is 9.23. The summed E-state index contributed by atoms with van der Waals surface area (Å²) in [7, 11) is 1.81. The zero-order chi connectivity index (χ0) is 19.6. The minimum absolute atomic E-state index is 0.0463. The lowest BCUT2D eigenvalue weighted by molar-refractivity contribution is -0.121. The molecule has 0 radical (unpaired) electrons. The fourth-order valence-electron chi connectivity index (χ4n) is 3.53. The number of nitrogens with zero attached hydrogens (tertiary/aromatic N) is 2. The molecule has 0 aliphatic heterocycles. The van der Waals surface area contributed by atoms with E-state index in [0.717, 1.165) is 40.9 Å². The first-order valence-corrected chi connectivity index (χ1v) is 9.23. The van der Waals surface area contributed by atoms with Crippen LogP contribution in [-0.4, -0.2) is 26.7 Å². The topological polar surface area (TPSA) is 92.9 Å². The summed E-state index contributed by atoms with van der Waals surface area (Å²) in [5, 5.41) is 8.32. The molecule has 0 saturated carbocycles. The highest BCUT2D eigenvalue weighted by Crippen LogP contribution is 2.21. The summed E-state index contributed by atoms with van der Waals surface area (Å²) in [5.41, 5.74) is 2.99. The molecule has 0 aliphatic carbocycles. The van der Waals surface area contributed by atoms with E-state index in [0.29, 0.717) is 12.0 Å². The quantitative estimate of drug-likeness (QED) is 0.668. The molecule has 1 unspecified atom stereocenters. The van der Waals surface area contributed by atoms with E-state index >= 15 is 0 Å². The van der Waals surface area contributed by atoms with Crippen molar-refractivity contribution in [1.29, 1.82) is 0 Å². The molecule has 144 valence electrons. The lowest BCUT2D eigenvalue weighted by Crippen LogP contribution is -2.33. The zero-order valence-electron chi connectivity index (χ0n) is 16.3. The third kappa shape index (κ3) is 4.13. The van der Waals surface area contributed by atoms with Crippen LogP contribution in [0.1, 0.15) is 42.3 Å². The van der Waals surface area contributed by atoms with Gasteiger partial charge in [0.1, 0.15) is 11.4 Å². The van der Waals surface area contributed by atoms with Crippen molar-refractivity contribution in [3.8, 4) is 0 Å². The smallest absolute Gasteiger partial charge is 0.253 e. The van der Waals surface area contributed by atoms with Crippen molar-refractivity contribution in [1.82, 2.24) is 20.1 Å². The Morgan fingerprint density at radius 1 is 1.37 bits per heavy atom. The summed E-state index contributed by atoms with van der Waals surface area (Å²) in [6.07, 6.45) is 3.92. The molecule has 3 rings (SSSR count). The van der Waals surface area contributed by atoms with Crippen LogP contribution in [0.25, 0.3) is 11.0 Å². The van der Waals surface area contributed by atoms with Gasteiger partial charge in [-0.05, 0) is 51.3 Å². The van der Waals surface area contributed by atoms with Crippen molar-refractivity contribution in [2.75, 3.05) is 0 Å². The van der Waals surface area contributed by atoms with Crippen molar-refractivity contribution in [3.63, 3.8) is 0 Å². The third-order valence-electron chi connectivity index (χ3n) is 4.97. The number of amides is 1. The Morgan fingerprint density at radius 3 is 2.85 bits per heavy atom. The van der Waals surface area contributed by atoms with Gasteiger partial charge in [0.05, 0.1) is 12.0 Å². The van der Waals surface area contributed by atoms with E-state index in [1.807, 2.05) is 40.0 Å². The van der Waals surface area contributed by atoms with Crippen molar-refractivity contribution >= 4 is 16.9 Å². The Balaban J connectivity index is 1.61. The number of carbonyl (C=O) groups is 1. The number of aryl methyl sites for hydroxylation is 4. The van der Waals surface area contributed by atoms with Crippen LogP contribution in [0.15, 0.2) is 27.6 Å². The summed E-state index contributed by atoms with van der Waals surface area (Å²) < 4.78 is 6.99. The lowest BCUT2D eigenvalue weighted by Gasteiger charge is -2.13. The average Bonchev–Trinajstić information content (AvgIpc) is 3.21. The summed E-state index contributed by atoms with van der Waals surface area (Å²) >= 11 is 0. The van der Waals surface area contributed by atoms with Gasteiger partial charge in [-0.25, -0.2) is 0 Å². The van der Waals surface area contributed by atoms with E-state index in [2.05, 4.69) is 15.4 Å². The maximum Gasteiger partial charge on any atom is 0.253 e. The van der Waals surface area contributed by atoms with Crippen molar-refractivity contribution in [2.24, 2.45) is 7.05 Å². The number of aromatic amines is 1. The first kappa shape index (κ1) is 18.9. The SMILES string of the molecule is Cc1nn(C)c2[nH]c(=O)c(CCC(=O)NC(C)CCc3ccco3)c(C)c12. The van der Waals surface area contributed by atoms with Gasteiger partial charge in [0, 0.05) is 36.9 Å². The Morgan fingerprint density at radius 2 is 2.15 bits per heavy atom. The number of nitrogens with one attached hydrogen (secondary N) is 2. The highest BCUT2D eigenvalue weighted by molar-refractivity contribution is 5.83. The van der Waals surface area contributed by atoms with Crippen molar-refractivity contribution in [2.45, 2.75) is 52.5 Å². The monoisotopic (exact) mass is 370 g/mol. The van der Waals surface area contributed by atoms with Gasteiger partial charge in [-0.2, -0.15) is 5.10 Å². The third-order valence-corrected chi connectivity index (χ3v) is 4.97. The predicted molar refractivity (Wildman–Crippen MR) is 104 cm³/mol. The Hall–Kier alpha value is -2.83. The number of hydrogen-bond donors (Lipinski definition) is 2. The lowest BCUT2D eigenvalue weighted by atomic mass is 10.0. The van der Waals surface area contributed by atoms with Crippen molar-refractivity contribution < 1.29 is 9.21 Å². The molecule has 0 saturated heterocycles. The second-order valence-corrected chi connectivity index (χ2v) is 7.08. The van der Waals surface area contributed by atoms with Gasteiger partial charge in [-0.1, -0.05) is 0 Å². The predicted octanol–water partition coefficient (Wildman–Crippen LogP) is 2.54. The molecule has 0 fully saturated rings. The molecule has 1 amide bonds. The number of hydrogen-bond acceptors (Lipinski definition) is 4. The van der Waals surface area contributed by atoms with Crippen LogP contribution in [0, 0.1) is 13.8 Å². The number of H-pyrrole nitrogens is 1. The van der Waals surface area contributed by atoms with E-state index in [9.17, 15) is 9.59 Å². The summed E-state index contributed by atoms with van der Waals surface area (Å²) in [5.74, 6) is 0.863. The number of furan rings is 1. The molecule has 0 aromatic carbocycles. The molecule has 0 spiro atoms. The van der Waals surface area contributed by atoms with Gasteiger partial charge >= 0.3 is 0 Å². The number of fused-ring (bicyclic) bond motifs is 1. The number of carbonyl (C=O) groups excluding carboxylic acids is 1. The van der Waals surface area contributed by atoms with E-state index < -0.39 is 0 Å². The number of pyridine rings is 1. The normalized spacial score (nSPS) is 12.4. The van der Waals surface area contributed by atoms with Crippen LogP contribution in [0.3, 0.4) is 0 Å². The second-order valence-electron chi connectivity index (χ2n) is 7.08. The van der Waals surface area contributed by atoms with Gasteiger partial charge in [-0.3, -0.25) is 14.3 Å². The molecule has 2 N–H and O–H groups in total. The number of rotatable bonds is 7. The minimum atomic E-state index is -0.151. The fourth-order valence-corrected chi connectivity index (χ4v) is 3.53. The molecule has 7 nitrogen and oxygen atoms in total. The molecule has 0 aliphatic rings. The molecule has 3 heterocycles. The van der Waals surface area contributed by atoms with E-state index in [4.69, 9.17) is 4.42 Å². The first-order chi connectivity index (χ1) is 12.9. The maximum atomic E-state index is 12.4. The highest BCUT2D eigenvalue weighted by Gasteiger charge is 2.16. The van der Waals surface area contributed by atoms with Crippen LogP contribution in [0.5, 0.6) is 0 Å². The molecular formula is C20H26N4O3. The van der Waals surface area contributed by atoms with Crippen LogP contribution >= 0.6 is 0 Å². The van der Waals surface area contributed by atoms with Crippen LogP contribution in [-0.2, 0) is 24.7 Å². The molecule has 27 heavy (non-hydrogen) atoms. The molecule has 3 aromatic rings. The van der Waals surface area contributed by atoms with Crippen LogP contribution in [0.2, 0.25) is 0 Å². The second kappa shape index (κ2) is 7.82. The number of aromatic nitrogens is 3. The summed E-state index contributed by atoms with van der Waals surface area (Å²) in [6.45, 7) is 5.82. The maximum absolute atomic E-state index is 12.4. The standard InChI is InChI=1S/C20H26N4O3/c1-12(7-8-15-6-5-11-27-15)21-17(25)10-9-16-13(2)18-14(3)23-24(4)19(18)22-20(16)26/h5-6,11-12H,7-10H2,1-4H3,(H,21,25)(H,22,26). The zero-order valence-corrected chi connectivity index (χ0v) is 16.3. The highest BCUT2D eigenvalue weighted by atomic mass is 16.3. The Bertz CT molecular complexity index is 999. The molecule has 0 bridgehead atoms. The van der Waals surface area contributed by atoms with Crippen LogP contribution < -0.4 is 10.9 Å². The average molecular weight is 370 g/mol. The van der Waals surface area contributed by atoms with Gasteiger partial charge in [-0.15, -0.1) is 0 Å². The minimum Gasteiger partial charge on any atom is -0.469 e. The van der Waals surface area contributed by atoms with E-state index in [-0.39, 0.29) is 23.9 Å². The molecule has 1 atom stereocenters. The fraction of sp³-hybridized carbons (Fsp3) is 0.450. The molecular weight excluding hydrogens is 344 g/mol. The van der Waals surface area contributed by atoms with Gasteiger partial charge in [0.25, 0.3) is 5.56 Å². The Labute approximate surface area is 157 Å². The van der Waals surface area contributed by atoms with Gasteiger partial charge in [0.15, 0.2) is 0 Å². The molecule has 7 heteroatoms. The van der Waals surface area contributed by atoms with E-state index in [1.54, 1.807) is 10.9 Å². The van der Waals surface area contributed by atoms with Gasteiger partial charge < -0.3 is 14.7 Å². The Kier molecular flexibility index (Phi) is 5.48. The largest absolute Gasteiger partial charge is 0.469 e. The van der Waals surface area contributed by atoms with E-state index in [1.165, 1.54) is 0 Å².